The molecule has 0 saturated carbocycles. The van der Waals surface area contributed by atoms with Gasteiger partial charge in [-0.05, 0) is 37.8 Å². The van der Waals surface area contributed by atoms with Crippen LogP contribution in [0.1, 0.15) is 39.5 Å². The number of nitrogens with zero attached hydrogens (tertiary/aromatic N) is 2. The van der Waals surface area contributed by atoms with Gasteiger partial charge in [0.15, 0.2) is 0 Å². The third-order valence-electron chi connectivity index (χ3n) is 5.32. The van der Waals surface area contributed by atoms with Crippen LogP contribution in [-0.4, -0.2) is 47.8 Å². The van der Waals surface area contributed by atoms with Crippen LogP contribution in [-0.2, 0) is 4.79 Å². The molecule has 2 saturated heterocycles. The number of halogens is 3. The molecule has 3 heterocycles. The Balaban J connectivity index is 1.57. The fraction of sp³-hybridized carbons (Fsp3) is 0.632. The van der Waals surface area contributed by atoms with Gasteiger partial charge in [0, 0.05) is 24.0 Å². The summed E-state index contributed by atoms with van der Waals surface area (Å²) in [6, 6.07) is 3.19. The van der Waals surface area contributed by atoms with Gasteiger partial charge in [-0.2, -0.15) is 13.2 Å². The molecule has 3 N–H and O–H groups in total. The van der Waals surface area contributed by atoms with E-state index in [9.17, 15) is 22.8 Å². The zero-order chi connectivity index (χ0) is 21.2. The maximum absolute atomic E-state index is 12.1. The van der Waals surface area contributed by atoms with Crippen LogP contribution in [0.5, 0.6) is 0 Å². The van der Waals surface area contributed by atoms with Crippen molar-refractivity contribution in [2.75, 3.05) is 16.8 Å². The molecule has 2 aliphatic heterocycles. The third kappa shape index (κ3) is 5.51. The van der Waals surface area contributed by atoms with Crippen LogP contribution in [0, 0.1) is 5.92 Å². The zero-order valence-electron chi connectivity index (χ0n) is 16.4. The third-order valence-corrected chi connectivity index (χ3v) is 5.32. The van der Waals surface area contributed by atoms with Crippen LogP contribution in [0.4, 0.5) is 29.5 Å². The molecule has 0 spiro atoms. The molecule has 3 rings (SSSR count). The normalized spacial score (nSPS) is 23.8. The molecule has 10 heteroatoms. The predicted molar refractivity (Wildman–Crippen MR) is 103 cm³/mol. The molecular formula is C19H26F3N5O2. The molecule has 29 heavy (non-hydrogen) atoms. The SMILES string of the molecule is CC(C)C(=O)NC1CC2CCC(C1)N2c1ccc(NC(=O)NCC(F)(F)F)cn1. The van der Waals surface area contributed by atoms with Gasteiger partial charge in [0.1, 0.15) is 12.4 Å². The minimum Gasteiger partial charge on any atom is -0.353 e. The van der Waals surface area contributed by atoms with Crippen molar-refractivity contribution in [2.24, 2.45) is 5.92 Å². The lowest BCUT2D eigenvalue weighted by Gasteiger charge is -2.40. The Morgan fingerprint density at radius 1 is 1.21 bits per heavy atom. The van der Waals surface area contributed by atoms with E-state index in [1.54, 1.807) is 17.4 Å². The van der Waals surface area contributed by atoms with Gasteiger partial charge in [-0.25, -0.2) is 9.78 Å². The van der Waals surface area contributed by atoms with Crippen LogP contribution in [0.3, 0.4) is 0 Å². The number of amides is 3. The number of hydrogen-bond donors (Lipinski definition) is 3. The fourth-order valence-electron chi connectivity index (χ4n) is 4.01. The summed E-state index contributed by atoms with van der Waals surface area (Å²) in [5.41, 5.74) is 0.319. The van der Waals surface area contributed by atoms with E-state index < -0.39 is 18.8 Å². The fourth-order valence-corrected chi connectivity index (χ4v) is 4.01. The van der Waals surface area contributed by atoms with Crippen molar-refractivity contribution in [3.63, 3.8) is 0 Å². The average molecular weight is 413 g/mol. The summed E-state index contributed by atoms with van der Waals surface area (Å²) in [7, 11) is 0. The summed E-state index contributed by atoms with van der Waals surface area (Å²) in [5, 5.41) is 7.22. The number of carbonyl (C=O) groups excluding carboxylic acids is 2. The van der Waals surface area contributed by atoms with Gasteiger partial charge in [0.25, 0.3) is 0 Å². The smallest absolute Gasteiger partial charge is 0.353 e. The minimum absolute atomic E-state index is 0.0410. The topological polar surface area (TPSA) is 86.4 Å². The molecule has 160 valence electrons. The number of anilines is 2. The summed E-state index contributed by atoms with van der Waals surface area (Å²) >= 11 is 0. The second-order valence-electron chi connectivity index (χ2n) is 7.95. The number of aromatic nitrogens is 1. The summed E-state index contributed by atoms with van der Waals surface area (Å²) in [4.78, 5) is 30.2. The molecule has 0 radical (unpaired) electrons. The highest BCUT2D eigenvalue weighted by atomic mass is 19.4. The molecule has 2 bridgehead atoms. The minimum atomic E-state index is -4.46. The van der Waals surface area contributed by atoms with E-state index in [2.05, 4.69) is 20.5 Å². The zero-order valence-corrected chi connectivity index (χ0v) is 16.4. The lowest BCUT2D eigenvalue weighted by atomic mass is 9.96. The molecule has 2 fully saturated rings. The molecule has 2 aliphatic rings. The van der Waals surface area contributed by atoms with Crippen molar-refractivity contribution < 1.29 is 22.8 Å². The number of fused-ring (bicyclic) bond motifs is 2. The number of hydrogen-bond acceptors (Lipinski definition) is 4. The second kappa shape index (κ2) is 8.46. The van der Waals surface area contributed by atoms with Gasteiger partial charge in [-0.15, -0.1) is 0 Å². The summed E-state index contributed by atoms with van der Waals surface area (Å²) in [6.07, 6.45) is 0.752. The molecule has 1 aromatic heterocycles. The monoisotopic (exact) mass is 413 g/mol. The Morgan fingerprint density at radius 2 is 1.86 bits per heavy atom. The number of pyridine rings is 1. The highest BCUT2D eigenvalue weighted by molar-refractivity contribution is 5.89. The van der Waals surface area contributed by atoms with E-state index in [-0.39, 0.29) is 30.0 Å². The van der Waals surface area contributed by atoms with Gasteiger partial charge in [0.05, 0.1) is 11.9 Å². The van der Waals surface area contributed by atoms with E-state index in [0.29, 0.717) is 5.69 Å². The van der Waals surface area contributed by atoms with Gasteiger partial charge in [-0.1, -0.05) is 13.8 Å². The van der Waals surface area contributed by atoms with Gasteiger partial charge >= 0.3 is 12.2 Å². The Bertz CT molecular complexity index is 724. The molecule has 1 aromatic rings. The van der Waals surface area contributed by atoms with Crippen molar-refractivity contribution in [1.29, 1.82) is 0 Å². The maximum atomic E-state index is 12.1. The molecule has 7 nitrogen and oxygen atoms in total. The molecule has 0 aromatic carbocycles. The first-order valence-electron chi connectivity index (χ1n) is 9.79. The summed E-state index contributed by atoms with van der Waals surface area (Å²) in [6.45, 7) is 2.36. The first kappa shape index (κ1) is 21.2. The van der Waals surface area contributed by atoms with Crippen LogP contribution >= 0.6 is 0 Å². The van der Waals surface area contributed by atoms with Gasteiger partial charge in [-0.3, -0.25) is 4.79 Å². The van der Waals surface area contributed by atoms with Crippen molar-refractivity contribution in [2.45, 2.75) is 63.8 Å². The summed E-state index contributed by atoms with van der Waals surface area (Å²) in [5.74, 6) is 0.799. The molecule has 3 amide bonds. The van der Waals surface area contributed by atoms with Crippen molar-refractivity contribution >= 4 is 23.4 Å². The van der Waals surface area contributed by atoms with Crippen molar-refractivity contribution in [1.82, 2.24) is 15.6 Å². The molecule has 0 aliphatic carbocycles. The van der Waals surface area contributed by atoms with Crippen LogP contribution in [0.25, 0.3) is 0 Å². The van der Waals surface area contributed by atoms with E-state index in [0.717, 1.165) is 31.5 Å². The Labute approximate surface area is 167 Å². The largest absolute Gasteiger partial charge is 0.405 e. The van der Waals surface area contributed by atoms with Crippen molar-refractivity contribution in [3.05, 3.63) is 18.3 Å². The maximum Gasteiger partial charge on any atom is 0.405 e. The van der Waals surface area contributed by atoms with E-state index in [1.165, 1.54) is 6.20 Å². The number of piperidine rings is 1. The van der Waals surface area contributed by atoms with Crippen molar-refractivity contribution in [3.8, 4) is 0 Å². The average Bonchev–Trinajstić information content (AvgIpc) is 2.90. The number of nitrogens with one attached hydrogen (secondary N) is 3. The first-order chi connectivity index (χ1) is 13.6. The lowest BCUT2D eigenvalue weighted by Crippen LogP contribution is -2.51. The van der Waals surface area contributed by atoms with E-state index in [1.807, 2.05) is 13.8 Å². The Kier molecular flexibility index (Phi) is 6.18. The Hall–Kier alpha value is -2.52. The molecule has 2 atom stereocenters. The standard InChI is InChI=1S/C19H26F3N5O2/c1-11(2)17(28)25-13-7-14-4-5-15(8-13)27(14)16-6-3-12(9-23-16)26-18(29)24-10-19(20,21)22/h3,6,9,11,13-15H,4-5,7-8,10H2,1-2H3,(H,25,28)(H2,24,26,29). The highest BCUT2D eigenvalue weighted by Crippen LogP contribution is 2.38. The van der Waals surface area contributed by atoms with Gasteiger partial charge in [0.2, 0.25) is 5.91 Å². The quantitative estimate of drug-likeness (QED) is 0.693. The summed E-state index contributed by atoms with van der Waals surface area (Å²) < 4.78 is 36.4. The number of alkyl halides is 3. The first-order valence-corrected chi connectivity index (χ1v) is 9.79. The highest BCUT2D eigenvalue weighted by Gasteiger charge is 2.41. The number of rotatable bonds is 5. The van der Waals surface area contributed by atoms with Crippen LogP contribution in [0.2, 0.25) is 0 Å². The van der Waals surface area contributed by atoms with E-state index in [4.69, 9.17) is 0 Å². The van der Waals surface area contributed by atoms with Crippen LogP contribution in [0.15, 0.2) is 18.3 Å². The molecule has 2 unspecified atom stereocenters. The van der Waals surface area contributed by atoms with Crippen LogP contribution < -0.4 is 20.9 Å². The second-order valence-corrected chi connectivity index (χ2v) is 7.95. The molecular weight excluding hydrogens is 387 g/mol. The predicted octanol–water partition coefficient (Wildman–Crippen LogP) is 3.04. The lowest BCUT2D eigenvalue weighted by molar-refractivity contribution is -0.125. The Morgan fingerprint density at radius 3 is 2.38 bits per heavy atom. The number of urea groups is 1. The van der Waals surface area contributed by atoms with Gasteiger partial charge < -0.3 is 20.9 Å². The number of carbonyl (C=O) groups is 2. The van der Waals surface area contributed by atoms with E-state index >= 15 is 0 Å².